The number of piperazine rings is 4. The summed E-state index contributed by atoms with van der Waals surface area (Å²) in [6.45, 7) is 17.5. The standard InChI is InChI=1S/C26H26N6.C25H22FN5.C25H23N5S.C24H22N6S/c1-29-11-13-31(14-12-29)22-6-3-19(4-7-22)20-9-10-32-25(17-27-26(32)16-20)21-5-8-24-23(15-21)28-18-30(24)2;1-29-8-10-30(11-9-29)23-4-2-19(3-5-23)20-6-7-31-24(17-28-25(31)15-20)21-12-18(16-27)13-22(26)14-21;1-28-11-13-29(14-12-28)20-4-2-18(3-5-20)19-7-10-30-23(17-27-24(30)16-19)21-6-9-26-22-8-15-31-25(21)22;1-28-10-12-29(13-11-28)20-5-2-17(3-6-20)18-8-9-30-23(16-25-24(30)15-18)19-4-7-21-22(14-19)27-31-26-21/h3-10,15-18H,11-14H2,1-2H3;2-7,12-15,17H,8-11H2,1H3;2-10,15-17H,11-14H2,1H3;2-9,14-16H,10-13H2,1H3. The Labute approximate surface area is 732 Å². The predicted molar refractivity (Wildman–Crippen MR) is 506 cm³/mol. The molecule has 4 aliphatic rings. The van der Waals surface area contributed by atoms with Gasteiger partial charge in [-0.2, -0.15) is 14.0 Å². The van der Waals surface area contributed by atoms with Crippen molar-refractivity contribution in [2.24, 2.45) is 7.05 Å². The molecule has 16 heterocycles. The average molecular weight is 1690 g/mol. The lowest BCUT2D eigenvalue weighted by atomic mass is 10.1. The molecule has 622 valence electrons. The molecule has 7 aromatic carbocycles. The average Bonchev–Trinajstić information content (AvgIpc) is 1.65. The quantitative estimate of drug-likeness (QED) is 0.113. The van der Waals surface area contributed by atoms with Crippen molar-refractivity contribution < 1.29 is 4.39 Å². The van der Waals surface area contributed by atoms with Crippen LogP contribution in [-0.2, 0) is 7.05 Å². The van der Waals surface area contributed by atoms with Gasteiger partial charge in [0.1, 0.15) is 39.4 Å². The Balaban J connectivity index is 0.000000105. The number of nitrogens with zero attached hydrogens (tertiary/aromatic N) is 22. The van der Waals surface area contributed by atoms with Gasteiger partial charge in [0.05, 0.1) is 98.5 Å². The second kappa shape index (κ2) is 34.8. The van der Waals surface area contributed by atoms with Crippen molar-refractivity contribution in [3.8, 4) is 95.6 Å². The molecule has 0 aliphatic carbocycles. The summed E-state index contributed by atoms with van der Waals surface area (Å²) < 4.78 is 34.1. The van der Waals surface area contributed by atoms with Gasteiger partial charge in [0.15, 0.2) is 0 Å². The summed E-state index contributed by atoms with van der Waals surface area (Å²) in [6.07, 6.45) is 19.6. The highest BCUT2D eigenvalue weighted by atomic mass is 32.1. The second-order valence-corrected chi connectivity index (χ2v) is 34.3. The van der Waals surface area contributed by atoms with Gasteiger partial charge in [-0.15, -0.1) is 11.3 Å². The minimum atomic E-state index is -0.430. The van der Waals surface area contributed by atoms with Crippen LogP contribution >= 0.6 is 23.1 Å². The first kappa shape index (κ1) is 79.6. The van der Waals surface area contributed by atoms with Crippen molar-refractivity contribution in [2.75, 3.05) is 153 Å². The molecule has 12 aromatic heterocycles. The lowest BCUT2D eigenvalue weighted by Crippen LogP contribution is -2.44. The first-order valence-corrected chi connectivity index (χ1v) is 44.1. The van der Waals surface area contributed by atoms with E-state index in [9.17, 15) is 4.39 Å². The molecule has 4 saturated heterocycles. The Hall–Kier alpha value is -13.8. The zero-order valence-electron chi connectivity index (χ0n) is 70.4. The van der Waals surface area contributed by atoms with Crippen molar-refractivity contribution in [3.05, 3.63) is 291 Å². The molecule has 0 spiro atoms. The number of benzene rings is 7. The number of nitriles is 1. The van der Waals surface area contributed by atoms with Gasteiger partial charge in [-0.3, -0.25) is 22.6 Å². The number of fused-ring (bicyclic) bond motifs is 7. The van der Waals surface area contributed by atoms with Crippen LogP contribution in [-0.4, -0.2) is 213 Å². The normalized spacial score (nSPS) is 15.0. The fourth-order valence-electron chi connectivity index (χ4n) is 17.3. The number of pyridine rings is 5. The van der Waals surface area contributed by atoms with E-state index < -0.39 is 5.82 Å². The smallest absolute Gasteiger partial charge is 0.137 e. The minimum absolute atomic E-state index is 0.294. The molecule has 0 unspecified atom stereocenters. The Kier molecular flexibility index (Phi) is 22.2. The second-order valence-electron chi connectivity index (χ2n) is 32.9. The number of likely N-dealkylation sites (N-methyl/N-ethyl adjacent to an activating group) is 4. The zero-order chi connectivity index (χ0) is 84.6. The molecule has 0 N–H and O–H groups in total. The molecular formula is C100H93FN22S2. The summed E-state index contributed by atoms with van der Waals surface area (Å²) in [6, 6.07) is 75.5. The van der Waals surface area contributed by atoms with E-state index >= 15 is 0 Å². The number of hydrogen-bond acceptors (Lipinski definition) is 19. The van der Waals surface area contributed by atoms with Crippen molar-refractivity contribution in [1.82, 2.24) is 80.4 Å². The first-order valence-electron chi connectivity index (χ1n) is 42.5. The van der Waals surface area contributed by atoms with Gasteiger partial charge in [0.2, 0.25) is 0 Å². The van der Waals surface area contributed by atoms with Crippen LogP contribution in [0.2, 0.25) is 0 Å². The third kappa shape index (κ3) is 16.8. The fourth-order valence-corrected chi connectivity index (χ4v) is 18.7. The maximum Gasteiger partial charge on any atom is 0.137 e. The molecule has 0 atom stereocenters. The van der Waals surface area contributed by atoms with E-state index in [1.165, 1.54) is 90.3 Å². The highest BCUT2D eigenvalue weighted by molar-refractivity contribution is 7.17. The first-order chi connectivity index (χ1) is 61.3. The van der Waals surface area contributed by atoms with E-state index in [0.717, 1.165) is 200 Å². The molecule has 23 rings (SSSR count). The van der Waals surface area contributed by atoms with E-state index in [-0.39, 0.29) is 0 Å². The topological polar surface area (TPSA) is 175 Å². The van der Waals surface area contributed by atoms with Crippen LogP contribution in [0.15, 0.2) is 280 Å². The number of anilines is 4. The summed E-state index contributed by atoms with van der Waals surface area (Å²) in [5.41, 5.74) is 31.5. The molecule has 25 heteroatoms. The highest BCUT2D eigenvalue weighted by Crippen LogP contribution is 2.37. The number of hydrogen-bond donors (Lipinski definition) is 0. The summed E-state index contributed by atoms with van der Waals surface area (Å²) in [5.74, 6) is -0.430. The minimum Gasteiger partial charge on any atom is -0.369 e. The van der Waals surface area contributed by atoms with Crippen molar-refractivity contribution in [3.63, 3.8) is 0 Å². The molecule has 0 amide bonds. The van der Waals surface area contributed by atoms with Gasteiger partial charge in [-0.1, -0.05) is 60.7 Å². The molecule has 4 aliphatic heterocycles. The number of imidazole rings is 5. The number of aromatic nitrogens is 13. The predicted octanol–water partition coefficient (Wildman–Crippen LogP) is 18.2. The van der Waals surface area contributed by atoms with Crippen LogP contribution in [0.3, 0.4) is 0 Å². The maximum atomic E-state index is 13.9. The van der Waals surface area contributed by atoms with Gasteiger partial charge in [-0.05, 0) is 230 Å². The zero-order valence-corrected chi connectivity index (χ0v) is 72.0. The van der Waals surface area contributed by atoms with Gasteiger partial charge in [-0.25, -0.2) is 29.3 Å². The van der Waals surface area contributed by atoms with Crippen LogP contribution in [0.1, 0.15) is 5.56 Å². The molecule has 0 radical (unpaired) electrons. The van der Waals surface area contributed by atoms with E-state index in [1.807, 2.05) is 77.6 Å². The molecule has 0 saturated carbocycles. The number of aryl methyl sites for hydroxylation is 1. The van der Waals surface area contributed by atoms with E-state index in [4.69, 9.17) is 10.2 Å². The molecule has 0 bridgehead atoms. The number of halogens is 1. The highest BCUT2D eigenvalue weighted by Gasteiger charge is 2.22. The Morgan fingerprint density at radius 2 is 0.696 bits per heavy atom. The molecule has 4 fully saturated rings. The number of rotatable bonds is 12. The largest absolute Gasteiger partial charge is 0.369 e. The third-order valence-corrected chi connectivity index (χ3v) is 26.3. The molecule has 125 heavy (non-hydrogen) atoms. The van der Waals surface area contributed by atoms with Gasteiger partial charge >= 0.3 is 0 Å². The number of thiophene rings is 1. The summed E-state index contributed by atoms with van der Waals surface area (Å²) in [7, 11) is 10.7. The van der Waals surface area contributed by atoms with E-state index in [2.05, 4.69) is 314 Å². The van der Waals surface area contributed by atoms with Crippen LogP contribution in [0.5, 0.6) is 0 Å². The van der Waals surface area contributed by atoms with Crippen molar-refractivity contribution in [1.29, 1.82) is 5.26 Å². The molecule has 22 nitrogen and oxygen atoms in total. The summed E-state index contributed by atoms with van der Waals surface area (Å²) in [4.78, 5) is 46.8. The van der Waals surface area contributed by atoms with Crippen molar-refractivity contribution >= 4 is 101 Å². The Morgan fingerprint density at radius 1 is 0.320 bits per heavy atom. The van der Waals surface area contributed by atoms with Gasteiger partial charge in [0.25, 0.3) is 0 Å². The summed E-state index contributed by atoms with van der Waals surface area (Å²) >= 11 is 2.97. The van der Waals surface area contributed by atoms with Crippen LogP contribution in [0, 0.1) is 17.1 Å². The Bertz CT molecular complexity index is 7110. The van der Waals surface area contributed by atoms with Gasteiger partial charge < -0.3 is 43.8 Å². The lowest BCUT2D eigenvalue weighted by Gasteiger charge is -2.34. The maximum absolute atomic E-state index is 13.9. The molecule has 19 aromatic rings. The lowest BCUT2D eigenvalue weighted by molar-refractivity contribution is 0.313. The molecular weight excluding hydrogens is 1590 g/mol. The Morgan fingerprint density at radius 3 is 1.12 bits per heavy atom. The van der Waals surface area contributed by atoms with E-state index in [0.29, 0.717) is 11.1 Å². The van der Waals surface area contributed by atoms with Crippen molar-refractivity contribution in [2.45, 2.75) is 0 Å². The summed E-state index contributed by atoms with van der Waals surface area (Å²) in [5, 5.41) is 11.2. The van der Waals surface area contributed by atoms with Gasteiger partial charge in [0, 0.05) is 188 Å². The third-order valence-electron chi connectivity index (χ3n) is 24.8. The SMILES string of the molecule is CN1CCN(c2ccc(-c3ccn4c(-c5cc(F)cc(C#N)c5)cnc4c3)cc2)CC1.CN1CCN(c2ccc(-c3ccn4c(-c5ccc6c(c5)ncn6C)cnc4c3)cc2)CC1.CN1CCN(c2ccc(-c3ccn4c(-c5ccc6nsnc6c5)cnc4c3)cc2)CC1.CN1CCN(c2ccc(-c3ccn4c(-c5ccnc6ccsc56)cnc4c3)cc2)CC1. The van der Waals surface area contributed by atoms with Crippen LogP contribution in [0.4, 0.5) is 27.1 Å². The fraction of sp³-hybridized carbons (Fsp3) is 0.210. The monoisotopic (exact) mass is 1680 g/mol. The van der Waals surface area contributed by atoms with Crippen LogP contribution < -0.4 is 19.6 Å². The van der Waals surface area contributed by atoms with Crippen LogP contribution in [0.25, 0.3) is 144 Å². The van der Waals surface area contributed by atoms with E-state index in [1.54, 1.807) is 23.6 Å².